The SMILES string of the molecule is C/C=C(\C=C/CCCC)CN(C)C(C)C. The molecule has 1 heteroatoms. The van der Waals surface area contributed by atoms with Crippen LogP contribution in [0.2, 0.25) is 0 Å². The van der Waals surface area contributed by atoms with Crippen LogP contribution in [0, 0.1) is 0 Å². The Bertz CT molecular complexity index is 201. The summed E-state index contributed by atoms with van der Waals surface area (Å²) in [6, 6.07) is 0.615. The van der Waals surface area contributed by atoms with E-state index < -0.39 is 0 Å². The quantitative estimate of drug-likeness (QED) is 0.452. The second kappa shape index (κ2) is 8.72. The van der Waals surface area contributed by atoms with Crippen molar-refractivity contribution in [2.45, 2.75) is 53.0 Å². The lowest BCUT2D eigenvalue weighted by Crippen LogP contribution is -2.27. The van der Waals surface area contributed by atoms with Crippen LogP contribution in [-0.2, 0) is 0 Å². The summed E-state index contributed by atoms with van der Waals surface area (Å²) in [7, 11) is 2.17. The van der Waals surface area contributed by atoms with E-state index in [-0.39, 0.29) is 0 Å². The largest absolute Gasteiger partial charge is 0.300 e. The average molecular weight is 209 g/mol. The molecule has 0 N–H and O–H groups in total. The molecule has 0 amide bonds. The molecular weight excluding hydrogens is 182 g/mol. The summed E-state index contributed by atoms with van der Waals surface area (Å²) in [5.41, 5.74) is 1.42. The zero-order chi connectivity index (χ0) is 11.7. The second-order valence-corrected chi connectivity index (χ2v) is 4.42. The Labute approximate surface area is 95.9 Å². The van der Waals surface area contributed by atoms with E-state index in [4.69, 9.17) is 0 Å². The number of rotatable bonds is 7. The Kier molecular flexibility index (Phi) is 8.40. The number of nitrogens with zero attached hydrogens (tertiary/aromatic N) is 1. The molecule has 0 aliphatic carbocycles. The van der Waals surface area contributed by atoms with Gasteiger partial charge in [0.1, 0.15) is 0 Å². The van der Waals surface area contributed by atoms with E-state index >= 15 is 0 Å². The van der Waals surface area contributed by atoms with Crippen molar-refractivity contribution in [2.24, 2.45) is 0 Å². The molecule has 0 aromatic heterocycles. The van der Waals surface area contributed by atoms with Gasteiger partial charge in [0.25, 0.3) is 0 Å². The van der Waals surface area contributed by atoms with Crippen LogP contribution in [0.25, 0.3) is 0 Å². The normalized spacial score (nSPS) is 13.4. The minimum absolute atomic E-state index is 0.615. The highest BCUT2D eigenvalue weighted by Gasteiger charge is 2.03. The smallest absolute Gasteiger partial charge is 0.0230 e. The summed E-state index contributed by atoms with van der Waals surface area (Å²) in [4.78, 5) is 2.36. The van der Waals surface area contributed by atoms with Crippen molar-refractivity contribution in [2.75, 3.05) is 13.6 Å². The van der Waals surface area contributed by atoms with E-state index in [1.807, 2.05) is 0 Å². The van der Waals surface area contributed by atoms with Gasteiger partial charge in [-0.15, -0.1) is 0 Å². The predicted molar refractivity (Wildman–Crippen MR) is 70.2 cm³/mol. The van der Waals surface area contributed by atoms with Crippen LogP contribution in [0.1, 0.15) is 47.0 Å². The van der Waals surface area contributed by atoms with Gasteiger partial charge in [0.2, 0.25) is 0 Å². The molecule has 0 aliphatic rings. The van der Waals surface area contributed by atoms with Crippen LogP contribution in [-0.4, -0.2) is 24.5 Å². The van der Waals surface area contributed by atoms with Crippen molar-refractivity contribution in [1.29, 1.82) is 0 Å². The molecule has 0 aromatic rings. The number of likely N-dealkylation sites (N-methyl/N-ethyl adjacent to an activating group) is 1. The third-order valence-electron chi connectivity index (χ3n) is 2.74. The van der Waals surface area contributed by atoms with E-state index in [2.05, 4.69) is 57.9 Å². The van der Waals surface area contributed by atoms with Gasteiger partial charge in [-0.25, -0.2) is 0 Å². The van der Waals surface area contributed by atoms with Gasteiger partial charge in [-0.2, -0.15) is 0 Å². The average Bonchev–Trinajstić information content (AvgIpc) is 2.22. The molecule has 0 bridgehead atoms. The van der Waals surface area contributed by atoms with Crippen molar-refractivity contribution in [3.8, 4) is 0 Å². The maximum Gasteiger partial charge on any atom is 0.0230 e. The topological polar surface area (TPSA) is 3.24 Å². The van der Waals surface area contributed by atoms with Crippen LogP contribution in [0.4, 0.5) is 0 Å². The molecule has 0 spiro atoms. The highest BCUT2D eigenvalue weighted by molar-refractivity contribution is 5.19. The molecule has 0 saturated carbocycles. The molecule has 0 unspecified atom stereocenters. The van der Waals surface area contributed by atoms with Crippen molar-refractivity contribution in [3.05, 3.63) is 23.8 Å². The fourth-order valence-corrected chi connectivity index (χ4v) is 1.27. The van der Waals surface area contributed by atoms with Crippen LogP contribution >= 0.6 is 0 Å². The summed E-state index contributed by atoms with van der Waals surface area (Å²) >= 11 is 0. The zero-order valence-electron chi connectivity index (χ0n) is 11.1. The van der Waals surface area contributed by atoms with Crippen LogP contribution in [0.5, 0.6) is 0 Å². The lowest BCUT2D eigenvalue weighted by molar-refractivity contribution is 0.298. The molecule has 0 atom stereocenters. The van der Waals surface area contributed by atoms with Gasteiger partial charge in [0.15, 0.2) is 0 Å². The van der Waals surface area contributed by atoms with E-state index in [9.17, 15) is 0 Å². The predicted octanol–water partition coefficient (Wildman–Crippen LogP) is 4.02. The molecule has 0 aromatic carbocycles. The van der Waals surface area contributed by atoms with E-state index in [0.29, 0.717) is 6.04 Å². The summed E-state index contributed by atoms with van der Waals surface area (Å²) in [6.07, 6.45) is 10.6. The number of unbranched alkanes of at least 4 members (excludes halogenated alkanes) is 2. The Morgan fingerprint density at radius 1 is 1.33 bits per heavy atom. The molecule has 1 nitrogen and oxygen atoms in total. The lowest BCUT2D eigenvalue weighted by atomic mass is 10.1. The molecular formula is C14H27N. The van der Waals surface area contributed by atoms with Crippen LogP contribution in [0.3, 0.4) is 0 Å². The van der Waals surface area contributed by atoms with Gasteiger partial charge in [-0.3, -0.25) is 4.90 Å². The molecule has 15 heavy (non-hydrogen) atoms. The van der Waals surface area contributed by atoms with Crippen molar-refractivity contribution < 1.29 is 0 Å². The van der Waals surface area contributed by atoms with Gasteiger partial charge < -0.3 is 0 Å². The molecule has 0 fully saturated rings. The number of hydrogen-bond acceptors (Lipinski definition) is 1. The second-order valence-electron chi connectivity index (χ2n) is 4.42. The van der Waals surface area contributed by atoms with Crippen molar-refractivity contribution in [3.63, 3.8) is 0 Å². The van der Waals surface area contributed by atoms with Crippen molar-refractivity contribution in [1.82, 2.24) is 4.90 Å². The first-order valence-electron chi connectivity index (χ1n) is 6.13. The number of allylic oxidation sites excluding steroid dienone is 2. The first kappa shape index (κ1) is 14.4. The molecule has 0 radical (unpaired) electrons. The first-order valence-corrected chi connectivity index (χ1v) is 6.13. The van der Waals surface area contributed by atoms with Crippen LogP contribution < -0.4 is 0 Å². The Hall–Kier alpha value is -0.560. The molecule has 88 valence electrons. The molecule has 0 saturated heterocycles. The minimum atomic E-state index is 0.615. The van der Waals surface area contributed by atoms with Gasteiger partial charge in [-0.05, 0) is 39.8 Å². The summed E-state index contributed by atoms with van der Waals surface area (Å²) < 4.78 is 0. The fourth-order valence-electron chi connectivity index (χ4n) is 1.27. The summed E-state index contributed by atoms with van der Waals surface area (Å²) in [6.45, 7) is 9.86. The zero-order valence-corrected chi connectivity index (χ0v) is 11.1. The van der Waals surface area contributed by atoms with E-state index in [1.54, 1.807) is 0 Å². The van der Waals surface area contributed by atoms with Gasteiger partial charge >= 0.3 is 0 Å². The monoisotopic (exact) mass is 209 g/mol. The molecule has 0 aliphatic heterocycles. The molecule has 0 heterocycles. The fraction of sp³-hybridized carbons (Fsp3) is 0.714. The third kappa shape index (κ3) is 7.38. The van der Waals surface area contributed by atoms with Gasteiger partial charge in [0.05, 0.1) is 0 Å². The third-order valence-corrected chi connectivity index (χ3v) is 2.74. The summed E-state index contributed by atoms with van der Waals surface area (Å²) in [5, 5.41) is 0. The van der Waals surface area contributed by atoms with Crippen LogP contribution in [0.15, 0.2) is 23.8 Å². The van der Waals surface area contributed by atoms with E-state index in [1.165, 1.54) is 24.8 Å². The Balaban J connectivity index is 3.99. The highest BCUT2D eigenvalue weighted by Crippen LogP contribution is 2.05. The van der Waals surface area contributed by atoms with Gasteiger partial charge in [0, 0.05) is 12.6 Å². The van der Waals surface area contributed by atoms with Crippen molar-refractivity contribution >= 4 is 0 Å². The summed E-state index contributed by atoms with van der Waals surface area (Å²) in [5.74, 6) is 0. The lowest BCUT2D eigenvalue weighted by Gasteiger charge is -2.21. The Morgan fingerprint density at radius 2 is 2.00 bits per heavy atom. The number of hydrogen-bond donors (Lipinski definition) is 0. The highest BCUT2D eigenvalue weighted by atomic mass is 15.1. The maximum absolute atomic E-state index is 2.36. The molecule has 0 rings (SSSR count). The first-order chi connectivity index (χ1) is 7.11. The van der Waals surface area contributed by atoms with Gasteiger partial charge in [-0.1, -0.05) is 38.0 Å². The Morgan fingerprint density at radius 3 is 2.47 bits per heavy atom. The van der Waals surface area contributed by atoms with E-state index in [0.717, 1.165) is 6.54 Å². The minimum Gasteiger partial charge on any atom is -0.300 e. The standard InChI is InChI=1S/C14H27N/c1-6-8-9-10-11-14(7-2)12-15(5)13(3)4/h7,10-11,13H,6,8-9,12H2,1-5H3/b11-10-,14-7+. The maximum atomic E-state index is 2.36.